The maximum atomic E-state index is 13.8. The molecule has 8 nitrogen and oxygen atoms in total. The number of nitro groups is 1. The molecule has 1 heterocycles. The van der Waals surface area contributed by atoms with Gasteiger partial charge in [-0.25, -0.2) is 12.7 Å². The molecule has 1 atom stereocenters. The van der Waals surface area contributed by atoms with E-state index < -0.39 is 20.6 Å². The SMILES string of the molecule is O=[N+]([O-])c1cccc(S(=O)(=O)N(c2ccccc2)c2ccccc2)c1OCC1CO1. The summed E-state index contributed by atoms with van der Waals surface area (Å²) in [6.07, 6.45) is -0.195. The molecule has 0 spiro atoms. The minimum absolute atomic E-state index is 0.0318. The number of nitro benzene ring substituents is 1. The van der Waals surface area contributed by atoms with Crippen LogP contribution in [0.4, 0.5) is 17.1 Å². The molecular weight excluding hydrogens is 408 g/mol. The lowest BCUT2D eigenvalue weighted by Gasteiger charge is -2.25. The lowest BCUT2D eigenvalue weighted by molar-refractivity contribution is -0.386. The van der Waals surface area contributed by atoms with Crippen molar-refractivity contribution in [2.24, 2.45) is 0 Å². The van der Waals surface area contributed by atoms with Gasteiger partial charge in [-0.3, -0.25) is 10.1 Å². The Bertz CT molecular complexity index is 1110. The third kappa shape index (κ3) is 3.98. The van der Waals surface area contributed by atoms with Crippen LogP contribution in [0.25, 0.3) is 0 Å². The fourth-order valence-electron chi connectivity index (χ4n) is 2.99. The van der Waals surface area contributed by atoms with Crippen molar-refractivity contribution in [2.45, 2.75) is 11.0 Å². The van der Waals surface area contributed by atoms with Crippen LogP contribution < -0.4 is 9.04 Å². The van der Waals surface area contributed by atoms with Gasteiger partial charge in [0.25, 0.3) is 10.0 Å². The Morgan fingerprint density at radius 1 is 0.967 bits per heavy atom. The predicted molar refractivity (Wildman–Crippen MR) is 111 cm³/mol. The standard InChI is InChI=1S/C21H18N2O6S/c24-23(25)19-12-7-13-20(21(19)29-15-18-14-28-18)30(26,27)22(16-8-3-1-4-9-16)17-10-5-2-6-11-17/h1-13,18H,14-15H2. The molecule has 1 unspecified atom stereocenters. The van der Waals surface area contributed by atoms with E-state index >= 15 is 0 Å². The van der Waals surface area contributed by atoms with Crippen molar-refractivity contribution in [2.75, 3.05) is 17.5 Å². The van der Waals surface area contributed by atoms with E-state index in [1.165, 1.54) is 18.2 Å². The van der Waals surface area contributed by atoms with Gasteiger partial charge < -0.3 is 9.47 Å². The van der Waals surface area contributed by atoms with Crippen LogP contribution >= 0.6 is 0 Å². The van der Waals surface area contributed by atoms with Gasteiger partial charge in [-0.2, -0.15) is 0 Å². The number of rotatable bonds is 8. The van der Waals surface area contributed by atoms with Crippen LogP contribution in [0.2, 0.25) is 0 Å². The highest BCUT2D eigenvalue weighted by atomic mass is 32.2. The number of epoxide rings is 1. The Balaban J connectivity index is 1.88. The van der Waals surface area contributed by atoms with Crippen LogP contribution in [-0.4, -0.2) is 32.7 Å². The molecule has 3 aromatic rings. The number of anilines is 2. The molecule has 0 aliphatic carbocycles. The van der Waals surface area contributed by atoms with E-state index in [-0.39, 0.29) is 23.4 Å². The van der Waals surface area contributed by atoms with Crippen LogP contribution in [-0.2, 0) is 14.8 Å². The minimum Gasteiger partial charge on any atom is -0.483 e. The zero-order chi connectivity index (χ0) is 21.1. The molecular formula is C21H18N2O6S. The summed E-state index contributed by atoms with van der Waals surface area (Å²) in [7, 11) is -4.26. The first-order valence-corrected chi connectivity index (χ1v) is 10.6. The number of para-hydroxylation sites is 3. The Morgan fingerprint density at radius 3 is 2.03 bits per heavy atom. The van der Waals surface area contributed by atoms with E-state index in [0.717, 1.165) is 4.31 Å². The maximum Gasteiger partial charge on any atom is 0.312 e. The molecule has 1 aliphatic heterocycles. The topological polar surface area (TPSA) is 102 Å². The average Bonchev–Trinajstić information content (AvgIpc) is 3.58. The first-order chi connectivity index (χ1) is 14.5. The summed E-state index contributed by atoms with van der Waals surface area (Å²) in [6, 6.07) is 20.9. The molecule has 1 saturated heterocycles. The van der Waals surface area contributed by atoms with Crippen molar-refractivity contribution in [3.8, 4) is 5.75 Å². The van der Waals surface area contributed by atoms with Gasteiger partial charge in [0.15, 0.2) is 0 Å². The van der Waals surface area contributed by atoms with Crippen LogP contribution in [0.1, 0.15) is 0 Å². The van der Waals surface area contributed by atoms with Gasteiger partial charge >= 0.3 is 5.69 Å². The van der Waals surface area contributed by atoms with Gasteiger partial charge in [0.05, 0.1) is 22.9 Å². The summed E-state index contributed by atoms with van der Waals surface area (Å²) >= 11 is 0. The summed E-state index contributed by atoms with van der Waals surface area (Å²) in [5, 5.41) is 11.6. The van der Waals surface area contributed by atoms with E-state index in [4.69, 9.17) is 9.47 Å². The molecule has 0 saturated carbocycles. The van der Waals surface area contributed by atoms with E-state index in [1.807, 2.05) is 0 Å². The molecule has 0 radical (unpaired) electrons. The minimum atomic E-state index is -4.26. The van der Waals surface area contributed by atoms with E-state index in [9.17, 15) is 18.5 Å². The van der Waals surface area contributed by atoms with Crippen LogP contribution in [0.3, 0.4) is 0 Å². The lowest BCUT2D eigenvalue weighted by atomic mass is 10.3. The first kappa shape index (κ1) is 19.9. The van der Waals surface area contributed by atoms with Crippen LogP contribution in [0.5, 0.6) is 5.75 Å². The van der Waals surface area contributed by atoms with Crippen LogP contribution in [0, 0.1) is 10.1 Å². The Labute approximate surface area is 173 Å². The summed E-state index contributed by atoms with van der Waals surface area (Å²) < 4.78 is 39.4. The number of sulfonamides is 1. The molecule has 1 aliphatic rings. The van der Waals surface area contributed by atoms with Gasteiger partial charge in [0, 0.05) is 6.07 Å². The second-order valence-corrected chi connectivity index (χ2v) is 8.32. The number of ether oxygens (including phenoxy) is 2. The van der Waals surface area contributed by atoms with Crippen molar-refractivity contribution in [1.29, 1.82) is 0 Å². The highest BCUT2D eigenvalue weighted by Gasteiger charge is 2.35. The van der Waals surface area contributed by atoms with Crippen LogP contribution in [0.15, 0.2) is 83.8 Å². The van der Waals surface area contributed by atoms with Crippen molar-refractivity contribution >= 4 is 27.1 Å². The molecule has 9 heteroatoms. The monoisotopic (exact) mass is 426 g/mol. The van der Waals surface area contributed by atoms with E-state index in [0.29, 0.717) is 18.0 Å². The fourth-order valence-corrected chi connectivity index (χ4v) is 4.63. The number of hydrogen-bond donors (Lipinski definition) is 0. The van der Waals surface area contributed by atoms with Crippen molar-refractivity contribution in [3.63, 3.8) is 0 Å². The smallest absolute Gasteiger partial charge is 0.312 e. The maximum absolute atomic E-state index is 13.8. The molecule has 0 N–H and O–H groups in total. The molecule has 154 valence electrons. The molecule has 1 fully saturated rings. The molecule has 0 bridgehead atoms. The van der Waals surface area contributed by atoms with Gasteiger partial charge in [0.1, 0.15) is 17.6 Å². The Kier molecular flexibility index (Phi) is 5.39. The molecule has 0 aromatic heterocycles. The van der Waals surface area contributed by atoms with Crippen molar-refractivity contribution in [1.82, 2.24) is 0 Å². The Morgan fingerprint density at radius 2 is 1.53 bits per heavy atom. The third-order valence-corrected chi connectivity index (χ3v) is 6.25. The van der Waals surface area contributed by atoms with Gasteiger partial charge in [-0.15, -0.1) is 0 Å². The zero-order valence-electron chi connectivity index (χ0n) is 15.7. The average molecular weight is 426 g/mol. The predicted octanol–water partition coefficient (Wildman–Crippen LogP) is 3.90. The Hall–Kier alpha value is -3.43. The second-order valence-electron chi connectivity index (χ2n) is 6.57. The second kappa shape index (κ2) is 8.13. The molecule has 4 rings (SSSR count). The van der Waals surface area contributed by atoms with E-state index in [2.05, 4.69) is 0 Å². The number of nitrogens with zero attached hydrogens (tertiary/aromatic N) is 2. The normalized spacial score (nSPS) is 15.4. The summed E-state index contributed by atoms with van der Waals surface area (Å²) in [6.45, 7) is 0.507. The van der Waals surface area contributed by atoms with Gasteiger partial charge in [-0.05, 0) is 30.3 Å². The molecule has 3 aromatic carbocycles. The largest absolute Gasteiger partial charge is 0.483 e. The lowest BCUT2D eigenvalue weighted by Crippen LogP contribution is -2.27. The summed E-state index contributed by atoms with van der Waals surface area (Å²) in [5.74, 6) is -0.296. The van der Waals surface area contributed by atoms with Crippen molar-refractivity contribution in [3.05, 3.63) is 89.0 Å². The highest BCUT2D eigenvalue weighted by molar-refractivity contribution is 7.93. The molecule has 0 amide bonds. The quantitative estimate of drug-likeness (QED) is 0.308. The number of benzene rings is 3. The molecule has 30 heavy (non-hydrogen) atoms. The van der Waals surface area contributed by atoms with Gasteiger partial charge in [0.2, 0.25) is 5.75 Å². The summed E-state index contributed by atoms with van der Waals surface area (Å²) in [5.41, 5.74) is 0.371. The zero-order valence-corrected chi connectivity index (χ0v) is 16.6. The van der Waals surface area contributed by atoms with Crippen molar-refractivity contribution < 1.29 is 22.8 Å². The highest BCUT2D eigenvalue weighted by Crippen LogP contribution is 2.40. The number of hydrogen-bond acceptors (Lipinski definition) is 6. The first-order valence-electron chi connectivity index (χ1n) is 9.16. The third-order valence-electron chi connectivity index (χ3n) is 4.47. The van der Waals surface area contributed by atoms with Gasteiger partial charge in [-0.1, -0.05) is 42.5 Å². The summed E-state index contributed by atoms with van der Waals surface area (Å²) in [4.78, 5) is 10.6. The van der Waals surface area contributed by atoms with E-state index in [1.54, 1.807) is 60.7 Å². The fraction of sp³-hybridized carbons (Fsp3) is 0.143.